The van der Waals surface area contributed by atoms with Crippen LogP contribution in [0.2, 0.25) is 5.02 Å². The first-order valence-electron chi connectivity index (χ1n) is 7.81. The van der Waals surface area contributed by atoms with Crippen LogP contribution in [0.5, 0.6) is 11.5 Å². The molecular weight excluding hydrogens is 389 g/mol. The summed E-state index contributed by atoms with van der Waals surface area (Å²) in [6.07, 6.45) is -4.12. The molecule has 27 heavy (non-hydrogen) atoms. The fourth-order valence-electron chi connectivity index (χ4n) is 2.58. The van der Waals surface area contributed by atoms with Gasteiger partial charge >= 0.3 is 6.18 Å². The van der Waals surface area contributed by atoms with Gasteiger partial charge in [0.2, 0.25) is 12.7 Å². The van der Waals surface area contributed by atoms with Crippen LogP contribution in [0.1, 0.15) is 24.1 Å². The van der Waals surface area contributed by atoms with Crippen molar-refractivity contribution in [2.24, 2.45) is 0 Å². The Morgan fingerprint density at radius 3 is 2.70 bits per heavy atom. The molecule has 1 N–H and O–H groups in total. The Bertz CT molecular complexity index is 943. The molecule has 1 aliphatic heterocycles. The third kappa shape index (κ3) is 4.19. The Balaban J connectivity index is 1.74. The Morgan fingerprint density at radius 1 is 1.30 bits per heavy atom. The second-order valence-corrected chi connectivity index (χ2v) is 6.32. The number of benzene rings is 1. The topological polar surface area (TPSA) is 69.6 Å². The number of amides is 1. The molecule has 0 fully saturated rings. The Kier molecular flexibility index (Phi) is 5.05. The van der Waals surface area contributed by atoms with Crippen molar-refractivity contribution in [1.82, 2.24) is 9.88 Å². The van der Waals surface area contributed by atoms with E-state index < -0.39 is 40.8 Å². The minimum atomic E-state index is -4.69. The van der Waals surface area contributed by atoms with Gasteiger partial charge in [0, 0.05) is 6.20 Å². The Hall–Kier alpha value is -2.68. The molecule has 0 spiro atoms. The predicted octanol–water partition coefficient (Wildman–Crippen LogP) is 3.13. The zero-order valence-corrected chi connectivity index (χ0v) is 14.7. The standard InChI is InChI=1S/C17H14ClF3N2O4/c1-9(10-2-3-13-14(4-10)27-8-26-13)22-15(24)7-23-6-11(17(19,20)21)5-12(18)16(23)25/h2-6,9H,7-8H2,1H3,(H,22,24)/t9-/m0/s1. The normalized spacial score (nSPS) is 14.1. The van der Waals surface area contributed by atoms with Gasteiger partial charge in [-0.15, -0.1) is 0 Å². The van der Waals surface area contributed by atoms with Gasteiger partial charge in [0.25, 0.3) is 5.56 Å². The number of halogens is 4. The van der Waals surface area contributed by atoms with Gasteiger partial charge in [0.05, 0.1) is 11.6 Å². The van der Waals surface area contributed by atoms with Crippen LogP contribution in [0.25, 0.3) is 0 Å². The fraction of sp³-hybridized carbons (Fsp3) is 0.294. The summed E-state index contributed by atoms with van der Waals surface area (Å²) in [7, 11) is 0. The summed E-state index contributed by atoms with van der Waals surface area (Å²) in [4.78, 5) is 24.1. The number of hydrogen-bond donors (Lipinski definition) is 1. The maximum absolute atomic E-state index is 12.9. The van der Waals surface area contributed by atoms with Crippen molar-refractivity contribution in [1.29, 1.82) is 0 Å². The Morgan fingerprint density at radius 2 is 2.00 bits per heavy atom. The first-order chi connectivity index (χ1) is 12.6. The van der Waals surface area contributed by atoms with Crippen molar-refractivity contribution in [3.8, 4) is 11.5 Å². The first kappa shape index (κ1) is 19.1. The van der Waals surface area contributed by atoms with Crippen LogP contribution in [0, 0.1) is 0 Å². The van der Waals surface area contributed by atoms with Crippen LogP contribution >= 0.6 is 11.6 Å². The second kappa shape index (κ2) is 7.15. The lowest BCUT2D eigenvalue weighted by Crippen LogP contribution is -2.34. The molecule has 1 atom stereocenters. The zero-order valence-electron chi connectivity index (χ0n) is 14.0. The number of carbonyl (C=O) groups excluding carboxylic acids is 1. The van der Waals surface area contributed by atoms with E-state index in [-0.39, 0.29) is 6.79 Å². The third-order valence-electron chi connectivity index (χ3n) is 3.96. The summed E-state index contributed by atoms with van der Waals surface area (Å²) < 4.78 is 49.7. The average molecular weight is 403 g/mol. The molecule has 6 nitrogen and oxygen atoms in total. The highest BCUT2D eigenvalue weighted by Crippen LogP contribution is 2.34. The molecule has 2 heterocycles. The molecule has 1 aromatic carbocycles. The number of carbonyl (C=O) groups is 1. The van der Waals surface area contributed by atoms with E-state index in [1.165, 1.54) is 0 Å². The van der Waals surface area contributed by atoms with Gasteiger partial charge in [-0.05, 0) is 30.7 Å². The van der Waals surface area contributed by atoms with Crippen molar-refractivity contribution in [2.45, 2.75) is 25.7 Å². The number of fused-ring (bicyclic) bond motifs is 1. The molecule has 0 unspecified atom stereocenters. The summed E-state index contributed by atoms with van der Waals surface area (Å²) in [5, 5.41) is 2.01. The lowest BCUT2D eigenvalue weighted by atomic mass is 10.1. The molecule has 10 heteroatoms. The largest absolute Gasteiger partial charge is 0.454 e. The fourth-order valence-corrected chi connectivity index (χ4v) is 2.81. The van der Waals surface area contributed by atoms with E-state index in [0.29, 0.717) is 33.9 Å². The van der Waals surface area contributed by atoms with Crippen molar-refractivity contribution < 1.29 is 27.4 Å². The number of hydrogen-bond acceptors (Lipinski definition) is 4. The monoisotopic (exact) mass is 402 g/mol. The molecule has 0 saturated heterocycles. The maximum Gasteiger partial charge on any atom is 0.417 e. The van der Waals surface area contributed by atoms with E-state index in [1.807, 2.05) is 0 Å². The number of aromatic nitrogens is 1. The Labute approximate surface area is 156 Å². The molecule has 0 bridgehead atoms. The van der Waals surface area contributed by atoms with Gasteiger partial charge in [0.15, 0.2) is 11.5 Å². The molecule has 1 amide bonds. The summed E-state index contributed by atoms with van der Waals surface area (Å²) in [5.74, 6) is 0.481. The zero-order chi connectivity index (χ0) is 19.8. The molecule has 0 radical (unpaired) electrons. The van der Waals surface area contributed by atoms with Gasteiger partial charge in [-0.2, -0.15) is 13.2 Å². The number of alkyl halides is 3. The van der Waals surface area contributed by atoms with E-state index in [2.05, 4.69) is 5.32 Å². The van der Waals surface area contributed by atoms with Crippen LogP contribution in [-0.2, 0) is 17.5 Å². The van der Waals surface area contributed by atoms with Gasteiger partial charge in [-0.25, -0.2) is 0 Å². The summed E-state index contributed by atoms with van der Waals surface area (Å²) >= 11 is 5.57. The van der Waals surface area contributed by atoms with Crippen LogP contribution in [-0.4, -0.2) is 17.3 Å². The first-order valence-corrected chi connectivity index (χ1v) is 8.19. The molecule has 0 saturated carbocycles. The lowest BCUT2D eigenvalue weighted by Gasteiger charge is -2.16. The highest BCUT2D eigenvalue weighted by molar-refractivity contribution is 6.30. The maximum atomic E-state index is 12.9. The average Bonchev–Trinajstić information content (AvgIpc) is 3.05. The molecule has 1 aliphatic rings. The lowest BCUT2D eigenvalue weighted by molar-refractivity contribution is -0.138. The highest BCUT2D eigenvalue weighted by Gasteiger charge is 2.32. The number of pyridine rings is 1. The van der Waals surface area contributed by atoms with Gasteiger partial charge < -0.3 is 19.4 Å². The van der Waals surface area contributed by atoms with Crippen LogP contribution in [0.4, 0.5) is 13.2 Å². The van der Waals surface area contributed by atoms with Crippen LogP contribution in [0.3, 0.4) is 0 Å². The number of nitrogens with zero attached hydrogens (tertiary/aromatic N) is 1. The van der Waals surface area contributed by atoms with Gasteiger partial charge in [0.1, 0.15) is 11.6 Å². The van der Waals surface area contributed by atoms with Gasteiger partial charge in [-0.3, -0.25) is 9.59 Å². The van der Waals surface area contributed by atoms with Crippen LogP contribution in [0.15, 0.2) is 35.3 Å². The summed E-state index contributed by atoms with van der Waals surface area (Å²) in [6, 6.07) is 5.18. The summed E-state index contributed by atoms with van der Waals surface area (Å²) in [5.41, 5.74) is -1.28. The van der Waals surface area contributed by atoms with Crippen molar-refractivity contribution in [2.75, 3.05) is 6.79 Å². The minimum absolute atomic E-state index is 0.110. The molecule has 1 aromatic heterocycles. The van der Waals surface area contributed by atoms with Crippen molar-refractivity contribution >= 4 is 17.5 Å². The predicted molar refractivity (Wildman–Crippen MR) is 89.8 cm³/mol. The van der Waals surface area contributed by atoms with E-state index >= 15 is 0 Å². The molecule has 0 aliphatic carbocycles. The van der Waals surface area contributed by atoms with Gasteiger partial charge in [-0.1, -0.05) is 17.7 Å². The number of nitrogens with one attached hydrogen (secondary N) is 1. The molecule has 144 valence electrons. The van der Waals surface area contributed by atoms with Crippen molar-refractivity contribution in [3.05, 3.63) is 57.0 Å². The SMILES string of the molecule is C[C@H](NC(=O)Cn1cc(C(F)(F)F)cc(Cl)c1=O)c1ccc2c(c1)OCO2. The molecular formula is C17H14ClF3N2O4. The number of ether oxygens (including phenoxy) is 2. The molecule has 3 rings (SSSR count). The van der Waals surface area contributed by atoms with Crippen LogP contribution < -0.4 is 20.3 Å². The van der Waals surface area contributed by atoms with Crippen molar-refractivity contribution in [3.63, 3.8) is 0 Å². The quantitative estimate of drug-likeness (QED) is 0.853. The third-order valence-corrected chi connectivity index (χ3v) is 4.23. The minimum Gasteiger partial charge on any atom is -0.454 e. The van der Waals surface area contributed by atoms with E-state index in [1.54, 1.807) is 25.1 Å². The highest BCUT2D eigenvalue weighted by atomic mass is 35.5. The van der Waals surface area contributed by atoms with E-state index in [4.69, 9.17) is 21.1 Å². The smallest absolute Gasteiger partial charge is 0.417 e. The van der Waals surface area contributed by atoms with E-state index in [9.17, 15) is 22.8 Å². The summed E-state index contributed by atoms with van der Waals surface area (Å²) in [6.45, 7) is 1.20. The number of rotatable bonds is 4. The molecule has 2 aromatic rings. The van der Waals surface area contributed by atoms with E-state index in [0.717, 1.165) is 0 Å². The second-order valence-electron chi connectivity index (χ2n) is 5.91.